The fourth-order valence-corrected chi connectivity index (χ4v) is 8.83. The number of ether oxygens (including phenoxy) is 1. The molecule has 0 saturated carbocycles. The van der Waals surface area contributed by atoms with E-state index >= 15 is 0 Å². The molecule has 6 rings (SSSR count). The lowest BCUT2D eigenvalue weighted by molar-refractivity contribution is -0.139. The second-order valence-electron chi connectivity index (χ2n) is 15.5. The summed E-state index contributed by atoms with van der Waals surface area (Å²) >= 11 is 0. The average Bonchev–Trinajstić information content (AvgIpc) is 4.09. The summed E-state index contributed by atoms with van der Waals surface area (Å²) in [6.07, 6.45) is 8.05. The summed E-state index contributed by atoms with van der Waals surface area (Å²) < 4.78 is 4.84. The van der Waals surface area contributed by atoms with E-state index in [1.54, 1.807) is 6.20 Å². The number of carbonyl (C=O) groups excluding carboxylic acids is 3. The fourth-order valence-electron chi connectivity index (χ4n) is 8.83. The number of imidazole rings is 2. The van der Waals surface area contributed by atoms with Gasteiger partial charge in [0.15, 0.2) is 0 Å². The fraction of sp³-hybridized carbons (Fsp3) is 0.500. The maximum absolute atomic E-state index is 13.9. The van der Waals surface area contributed by atoms with Gasteiger partial charge in [-0.25, -0.2) is 19.6 Å². The van der Waals surface area contributed by atoms with Crippen molar-refractivity contribution in [2.75, 3.05) is 27.2 Å². The summed E-state index contributed by atoms with van der Waals surface area (Å²) in [6.45, 7) is 9.21. The van der Waals surface area contributed by atoms with Gasteiger partial charge in [-0.2, -0.15) is 0 Å². The third-order valence-electron chi connectivity index (χ3n) is 12.3. The lowest BCUT2D eigenvalue weighted by atomic mass is 9.92. The number of benzene rings is 2. The van der Waals surface area contributed by atoms with E-state index in [1.807, 2.05) is 55.8 Å². The van der Waals surface area contributed by atoms with E-state index in [9.17, 15) is 24.3 Å². The number of aromatic amines is 2. The van der Waals surface area contributed by atoms with Crippen LogP contribution in [0, 0.1) is 11.8 Å². The number of aromatic nitrogens is 4. The quantitative estimate of drug-likeness (QED) is 0.0935. The van der Waals surface area contributed by atoms with E-state index in [2.05, 4.69) is 51.7 Å². The lowest BCUT2D eigenvalue weighted by Gasteiger charge is -2.35. The van der Waals surface area contributed by atoms with Gasteiger partial charge in [-0.3, -0.25) is 14.5 Å². The monoisotopic (exact) mass is 794 g/mol. The average molecular weight is 795 g/mol. The first-order chi connectivity index (χ1) is 28.0. The molecule has 2 aliphatic rings. The molecule has 14 nitrogen and oxygen atoms in total. The Labute approximate surface area is 340 Å². The number of amides is 4. The summed E-state index contributed by atoms with van der Waals surface area (Å²) in [6, 6.07) is 14.6. The van der Waals surface area contributed by atoms with Crippen LogP contribution in [0.5, 0.6) is 0 Å². The van der Waals surface area contributed by atoms with Crippen LogP contribution in [0.15, 0.2) is 60.9 Å². The Morgan fingerprint density at radius 2 is 1.17 bits per heavy atom. The Balaban J connectivity index is 1.12. The van der Waals surface area contributed by atoms with E-state index in [4.69, 9.17) is 14.7 Å². The second kappa shape index (κ2) is 18.7. The van der Waals surface area contributed by atoms with Crippen molar-refractivity contribution in [3.05, 3.63) is 72.6 Å². The molecule has 4 N–H and O–H groups in total. The number of carboxylic acid groups (broad SMARTS) is 1. The maximum atomic E-state index is 13.9. The Morgan fingerprint density at radius 1 is 0.741 bits per heavy atom. The maximum Gasteiger partial charge on any atom is 0.407 e. The smallest absolute Gasteiger partial charge is 0.407 e. The van der Waals surface area contributed by atoms with E-state index in [0.29, 0.717) is 31.8 Å². The molecule has 1 unspecified atom stereocenters. The number of nitrogens with zero attached hydrogens (tertiary/aromatic N) is 5. The van der Waals surface area contributed by atoms with Gasteiger partial charge in [-0.15, -0.1) is 0 Å². The van der Waals surface area contributed by atoms with E-state index in [1.165, 1.54) is 19.1 Å². The highest BCUT2D eigenvalue weighted by atomic mass is 16.5. The highest BCUT2D eigenvalue weighted by molar-refractivity contribution is 5.87. The van der Waals surface area contributed by atoms with E-state index in [-0.39, 0.29) is 35.7 Å². The number of hydrogen-bond acceptors (Lipinski definition) is 7. The van der Waals surface area contributed by atoms with Crippen LogP contribution in [0.1, 0.15) is 103 Å². The standard InChI is InChI=1S/C44H58N8O6/c1-7-27(8-2)37(49-43(55)58-6)41(53)51-23-11-13-35(51)39-45-25-33(47-39)31-19-15-29(16-20-31)30-17-21-32(22-18-30)34-26-46-40(48-34)36-14-12-24-52(36)42(54)38(28(9-3)10-4)50(5)44(56)57/h15-22,25-28,35-38H,7-14,23-24H2,1-6H3,(H,45,47)(H,46,48)(H,49,55)(H,56,57)/t35?,36-,37-,38-/m0/s1. The number of H-pyrrole nitrogens is 2. The summed E-state index contributed by atoms with van der Waals surface area (Å²) in [7, 11) is 2.80. The molecule has 310 valence electrons. The second-order valence-corrected chi connectivity index (χ2v) is 15.5. The molecule has 0 bridgehead atoms. The van der Waals surface area contributed by atoms with Gasteiger partial charge in [-0.1, -0.05) is 102 Å². The molecule has 2 aromatic heterocycles. The highest BCUT2D eigenvalue weighted by Crippen LogP contribution is 2.36. The van der Waals surface area contributed by atoms with Crippen molar-refractivity contribution < 1.29 is 29.0 Å². The SMILES string of the molecule is CCC(CC)[C@H](NC(=O)OC)C(=O)N1CCCC1c1ncc(-c2ccc(-c3ccc(-c4cnc([C@@H]5CCCN5C(=O)[C@H](C(CC)CC)N(C)C(=O)O)[nH]4)cc3)cc2)[nH]1. The third-order valence-corrected chi connectivity index (χ3v) is 12.3. The van der Waals surface area contributed by atoms with E-state index < -0.39 is 24.3 Å². The van der Waals surface area contributed by atoms with Gasteiger partial charge in [-0.05, 0) is 59.8 Å². The van der Waals surface area contributed by atoms with E-state index in [0.717, 1.165) is 78.0 Å². The molecule has 0 spiro atoms. The number of nitrogens with one attached hydrogen (secondary N) is 3. The van der Waals surface area contributed by atoms with Gasteiger partial charge in [0.1, 0.15) is 23.7 Å². The minimum Gasteiger partial charge on any atom is -0.465 e. The Bertz CT molecular complexity index is 2020. The van der Waals surface area contributed by atoms with Crippen molar-refractivity contribution in [1.82, 2.24) is 40.0 Å². The van der Waals surface area contributed by atoms with Gasteiger partial charge in [0.05, 0.1) is 43.0 Å². The molecule has 14 heteroatoms. The molecule has 4 aromatic rings. The number of alkyl carbamates (subject to hydrolysis) is 1. The van der Waals surface area contributed by atoms with Crippen molar-refractivity contribution in [3.8, 4) is 33.6 Å². The van der Waals surface area contributed by atoms with Crippen LogP contribution in [0.4, 0.5) is 9.59 Å². The third kappa shape index (κ3) is 8.75. The van der Waals surface area contributed by atoms with Crippen molar-refractivity contribution in [2.24, 2.45) is 11.8 Å². The summed E-state index contributed by atoms with van der Waals surface area (Å²) in [5, 5.41) is 12.6. The topological polar surface area (TPSA) is 177 Å². The summed E-state index contributed by atoms with van der Waals surface area (Å²) in [4.78, 5) is 73.0. The zero-order chi connectivity index (χ0) is 41.5. The largest absolute Gasteiger partial charge is 0.465 e. The van der Waals surface area contributed by atoms with Crippen LogP contribution < -0.4 is 5.32 Å². The lowest BCUT2D eigenvalue weighted by Crippen LogP contribution is -2.52. The molecule has 4 amide bonds. The Kier molecular flexibility index (Phi) is 13.6. The number of likely N-dealkylation sites (tertiary alicyclic amines) is 2. The van der Waals surface area contributed by atoms with Crippen LogP contribution in [-0.2, 0) is 14.3 Å². The summed E-state index contributed by atoms with van der Waals surface area (Å²) in [5.41, 5.74) is 5.75. The van der Waals surface area contributed by atoms with Crippen LogP contribution in [0.2, 0.25) is 0 Å². The predicted octanol–water partition coefficient (Wildman–Crippen LogP) is 8.04. The van der Waals surface area contributed by atoms with Crippen molar-refractivity contribution >= 4 is 24.0 Å². The normalized spacial score (nSPS) is 17.8. The van der Waals surface area contributed by atoms with Gasteiger partial charge < -0.3 is 34.9 Å². The Morgan fingerprint density at radius 3 is 1.59 bits per heavy atom. The van der Waals surface area contributed by atoms with Crippen molar-refractivity contribution in [1.29, 1.82) is 0 Å². The minimum atomic E-state index is -1.10. The highest BCUT2D eigenvalue weighted by Gasteiger charge is 2.41. The number of carbonyl (C=O) groups is 4. The van der Waals surface area contributed by atoms with Crippen LogP contribution >= 0.6 is 0 Å². The first-order valence-corrected chi connectivity index (χ1v) is 20.7. The molecular weight excluding hydrogens is 737 g/mol. The minimum absolute atomic E-state index is 0.00563. The van der Waals surface area contributed by atoms with Crippen molar-refractivity contribution in [3.63, 3.8) is 0 Å². The van der Waals surface area contributed by atoms with Gasteiger partial charge in [0.2, 0.25) is 11.8 Å². The molecule has 2 saturated heterocycles. The summed E-state index contributed by atoms with van der Waals surface area (Å²) in [5.74, 6) is 1.09. The number of methoxy groups -OCH3 is 1. The number of rotatable bonds is 15. The van der Waals surface area contributed by atoms with Crippen LogP contribution in [0.3, 0.4) is 0 Å². The Hall–Kier alpha value is -5.66. The van der Waals surface area contributed by atoms with Gasteiger partial charge in [0, 0.05) is 20.1 Å². The first-order valence-electron chi connectivity index (χ1n) is 20.7. The van der Waals surface area contributed by atoms with Crippen molar-refractivity contribution in [2.45, 2.75) is 103 Å². The molecule has 4 heterocycles. The zero-order valence-corrected chi connectivity index (χ0v) is 34.5. The van der Waals surface area contributed by atoms with Gasteiger partial charge in [0.25, 0.3) is 0 Å². The van der Waals surface area contributed by atoms with Gasteiger partial charge >= 0.3 is 12.2 Å². The van der Waals surface area contributed by atoms with Crippen LogP contribution in [0.25, 0.3) is 33.6 Å². The molecule has 2 aromatic carbocycles. The zero-order valence-electron chi connectivity index (χ0n) is 34.5. The first kappa shape index (κ1) is 42.0. The molecule has 0 radical (unpaired) electrons. The molecular formula is C44H58N8O6. The number of likely N-dealkylation sites (N-methyl/N-ethyl adjacent to an activating group) is 1. The molecule has 0 aliphatic carbocycles. The number of hydrogen-bond donors (Lipinski definition) is 4. The van der Waals surface area contributed by atoms with Crippen LogP contribution in [-0.4, -0.2) is 103 Å². The molecule has 4 atom stereocenters. The molecule has 2 aliphatic heterocycles. The molecule has 2 fully saturated rings. The molecule has 58 heavy (non-hydrogen) atoms. The predicted molar refractivity (Wildman–Crippen MR) is 221 cm³/mol.